The van der Waals surface area contributed by atoms with E-state index in [0.29, 0.717) is 4.77 Å². The Hall–Kier alpha value is -0.350. The zero-order valence-electron chi connectivity index (χ0n) is 3.36. The Labute approximate surface area is 51.6 Å². The first-order valence-electron chi connectivity index (χ1n) is 1.53. The Morgan fingerprint density at radius 2 is 2.43 bits per heavy atom. The second kappa shape index (κ2) is 2.76. The van der Waals surface area contributed by atoms with E-state index in [2.05, 4.69) is 27.4 Å². The van der Waals surface area contributed by atoms with Crippen molar-refractivity contribution in [3.8, 4) is 0 Å². The first-order chi connectivity index (χ1) is 2.89. The van der Waals surface area contributed by atoms with Crippen LogP contribution in [0.5, 0.6) is 0 Å². The van der Waals surface area contributed by atoms with Crippen molar-refractivity contribution in [1.29, 1.82) is 0 Å². The molecule has 0 unspecified atom stereocenters. The van der Waals surface area contributed by atoms with Gasteiger partial charge in [0.15, 0.2) is 0 Å². The molecule has 3 nitrogen and oxygen atoms in total. The van der Waals surface area contributed by atoms with Gasteiger partial charge in [0.25, 0.3) is 0 Å². The van der Waals surface area contributed by atoms with Gasteiger partial charge in [0.2, 0.25) is 6.33 Å². The van der Waals surface area contributed by atoms with E-state index in [9.17, 15) is 0 Å². The van der Waals surface area contributed by atoms with Crippen molar-refractivity contribution in [3.05, 3.63) is 11.1 Å². The Kier molecular flexibility index (Phi) is 2.62. The molecular weight excluding hydrogens is 134 g/mol. The molecule has 7 heavy (non-hydrogen) atoms. The molecule has 0 spiro atoms. The van der Waals surface area contributed by atoms with E-state index < -0.39 is 0 Å². The van der Waals surface area contributed by atoms with E-state index in [-0.39, 0.29) is 12.4 Å². The highest BCUT2D eigenvalue weighted by Gasteiger charge is 1.74. The third-order valence-corrected chi connectivity index (χ3v) is 0.681. The molecule has 1 rings (SSSR count). The Bertz CT molecular complexity index is 151. The molecule has 0 saturated heterocycles. The van der Waals surface area contributed by atoms with E-state index in [1.54, 1.807) is 6.33 Å². The number of aromatic amines is 3. The van der Waals surface area contributed by atoms with Gasteiger partial charge in [-0.3, -0.25) is 0 Å². The molecule has 40 valence electrons. The van der Waals surface area contributed by atoms with E-state index in [4.69, 9.17) is 0 Å². The number of H-pyrrole nitrogens is 3. The molecule has 0 saturated carbocycles. The largest absolute Gasteiger partial charge is 1.00 e. The van der Waals surface area contributed by atoms with Crippen LogP contribution in [0.2, 0.25) is 0 Å². The molecule has 0 atom stereocenters. The third kappa shape index (κ3) is 1.70. The fraction of sp³-hybridized carbons (Fsp3) is 0. The average Bonchev–Trinajstić information content (AvgIpc) is 1.86. The molecule has 0 aliphatic carbocycles. The highest BCUT2D eigenvalue weighted by molar-refractivity contribution is 7.71. The van der Waals surface area contributed by atoms with Crippen LogP contribution in [-0.2, 0) is 0 Å². The van der Waals surface area contributed by atoms with Gasteiger partial charge in [-0.1, -0.05) is 0 Å². The van der Waals surface area contributed by atoms with Crippen molar-refractivity contribution in [2.45, 2.75) is 0 Å². The van der Waals surface area contributed by atoms with Crippen LogP contribution in [0, 0.1) is 4.77 Å². The van der Waals surface area contributed by atoms with Crippen molar-refractivity contribution >= 4 is 12.2 Å². The first kappa shape index (κ1) is 6.65. The SMILES string of the molecule is S=c1[nH][nH]c[nH+]1.[Cl-]. The van der Waals surface area contributed by atoms with Crippen LogP contribution in [0.4, 0.5) is 0 Å². The number of hydrogen-bond acceptors (Lipinski definition) is 1. The van der Waals surface area contributed by atoms with Crippen LogP contribution in [-0.4, -0.2) is 10.2 Å². The number of aromatic nitrogens is 3. The van der Waals surface area contributed by atoms with Crippen molar-refractivity contribution < 1.29 is 17.4 Å². The lowest BCUT2D eigenvalue weighted by Crippen LogP contribution is -3.00. The zero-order valence-corrected chi connectivity index (χ0v) is 4.94. The summed E-state index contributed by atoms with van der Waals surface area (Å²) < 4.78 is 0.620. The van der Waals surface area contributed by atoms with Gasteiger partial charge >= 0.3 is 4.77 Å². The zero-order chi connectivity index (χ0) is 4.41. The summed E-state index contributed by atoms with van der Waals surface area (Å²) in [6, 6.07) is 0. The van der Waals surface area contributed by atoms with Gasteiger partial charge in [0.05, 0.1) is 0 Å². The quantitative estimate of drug-likeness (QED) is 0.366. The van der Waals surface area contributed by atoms with E-state index in [0.717, 1.165) is 0 Å². The van der Waals surface area contributed by atoms with Crippen molar-refractivity contribution in [2.24, 2.45) is 0 Å². The summed E-state index contributed by atoms with van der Waals surface area (Å²) in [5, 5.41) is 5.28. The minimum absolute atomic E-state index is 0. The number of hydrogen-bond donors (Lipinski definition) is 2. The van der Waals surface area contributed by atoms with Crippen LogP contribution >= 0.6 is 12.2 Å². The minimum Gasteiger partial charge on any atom is -1.00 e. The fourth-order valence-electron chi connectivity index (χ4n) is 0.239. The molecule has 0 amide bonds. The maximum Gasteiger partial charge on any atom is 0.320 e. The van der Waals surface area contributed by atoms with Crippen LogP contribution in [0.1, 0.15) is 0 Å². The molecule has 1 aromatic heterocycles. The Morgan fingerprint density at radius 3 is 2.57 bits per heavy atom. The van der Waals surface area contributed by atoms with Gasteiger partial charge in [-0.15, -0.1) is 0 Å². The number of halogens is 1. The predicted molar refractivity (Wildman–Crippen MR) is 22.5 cm³/mol. The molecule has 1 aromatic rings. The lowest BCUT2D eigenvalue weighted by atomic mass is 11.3. The molecule has 3 N–H and O–H groups in total. The lowest BCUT2D eigenvalue weighted by Gasteiger charge is -1.44. The van der Waals surface area contributed by atoms with Gasteiger partial charge in [0.1, 0.15) is 0 Å². The summed E-state index contributed by atoms with van der Waals surface area (Å²) in [5.74, 6) is 0. The van der Waals surface area contributed by atoms with Crippen LogP contribution in [0.25, 0.3) is 0 Å². The fourth-order valence-corrected chi connectivity index (χ4v) is 0.357. The summed E-state index contributed by atoms with van der Waals surface area (Å²) in [7, 11) is 0. The summed E-state index contributed by atoms with van der Waals surface area (Å²) in [6.45, 7) is 0. The normalized spacial score (nSPS) is 7.43. The average molecular weight is 138 g/mol. The van der Waals surface area contributed by atoms with E-state index >= 15 is 0 Å². The summed E-state index contributed by atoms with van der Waals surface area (Å²) in [5.41, 5.74) is 0. The second-order valence-electron chi connectivity index (χ2n) is 0.887. The van der Waals surface area contributed by atoms with Crippen molar-refractivity contribution in [1.82, 2.24) is 10.2 Å². The van der Waals surface area contributed by atoms with Crippen LogP contribution < -0.4 is 17.4 Å². The molecule has 0 aliphatic heterocycles. The summed E-state index contributed by atoms with van der Waals surface area (Å²) >= 11 is 4.60. The lowest BCUT2D eigenvalue weighted by molar-refractivity contribution is -0.386. The minimum atomic E-state index is 0. The molecule has 5 heteroatoms. The molecule has 0 bridgehead atoms. The van der Waals surface area contributed by atoms with E-state index in [1.165, 1.54) is 0 Å². The van der Waals surface area contributed by atoms with Crippen molar-refractivity contribution in [2.75, 3.05) is 0 Å². The van der Waals surface area contributed by atoms with Gasteiger partial charge < -0.3 is 12.4 Å². The van der Waals surface area contributed by atoms with Gasteiger partial charge in [-0.2, -0.15) is 10.2 Å². The third-order valence-electron chi connectivity index (χ3n) is 0.461. The summed E-state index contributed by atoms with van der Waals surface area (Å²) in [4.78, 5) is 2.70. The van der Waals surface area contributed by atoms with Crippen LogP contribution in [0.3, 0.4) is 0 Å². The van der Waals surface area contributed by atoms with Gasteiger partial charge in [-0.05, 0) is 12.2 Å². The highest BCUT2D eigenvalue weighted by Crippen LogP contribution is 1.57. The molecule has 0 aliphatic rings. The highest BCUT2D eigenvalue weighted by atomic mass is 35.5. The molecule has 0 fully saturated rings. The first-order valence-corrected chi connectivity index (χ1v) is 1.94. The van der Waals surface area contributed by atoms with Gasteiger partial charge in [-0.25, -0.2) is 4.98 Å². The standard InChI is InChI=1S/C2H3N3S.ClH/c6-2-3-1-4-5-2;/h1H,(H2,3,4,5,6);1H. The van der Waals surface area contributed by atoms with E-state index in [1.807, 2.05) is 0 Å². The second-order valence-corrected chi connectivity index (χ2v) is 1.30. The van der Waals surface area contributed by atoms with Crippen LogP contribution in [0.15, 0.2) is 6.33 Å². The Morgan fingerprint density at radius 1 is 1.71 bits per heavy atom. The smallest absolute Gasteiger partial charge is 0.320 e. The number of nitrogens with one attached hydrogen (secondary N) is 3. The maximum absolute atomic E-state index is 4.60. The topological polar surface area (TPSA) is 45.7 Å². The molecule has 1 heterocycles. The molecule has 0 aromatic carbocycles. The van der Waals surface area contributed by atoms with Gasteiger partial charge in [0, 0.05) is 0 Å². The van der Waals surface area contributed by atoms with Crippen molar-refractivity contribution in [3.63, 3.8) is 0 Å². The Balaban J connectivity index is 0.000000360. The molecular formula is C2H4ClN3S. The molecule has 0 radical (unpaired) electrons. The monoisotopic (exact) mass is 137 g/mol. The number of rotatable bonds is 0. The summed E-state index contributed by atoms with van der Waals surface area (Å²) in [6.07, 6.45) is 1.63. The maximum atomic E-state index is 4.60. The predicted octanol–water partition coefficient (Wildman–Crippen LogP) is -3.11.